The zero-order valence-corrected chi connectivity index (χ0v) is 13.7. The second-order valence-corrected chi connectivity index (χ2v) is 6.92. The van der Waals surface area contributed by atoms with E-state index in [0.717, 1.165) is 24.8 Å². The van der Waals surface area contributed by atoms with Crippen molar-refractivity contribution in [2.75, 3.05) is 0 Å². The van der Waals surface area contributed by atoms with Gasteiger partial charge in [0, 0.05) is 10.9 Å². The minimum Gasteiger partial charge on any atom is -0.294 e. The minimum absolute atomic E-state index is 0.120. The molecule has 0 aliphatic heterocycles. The van der Waals surface area contributed by atoms with E-state index in [4.69, 9.17) is 46.4 Å². The molecule has 0 bridgehead atoms. The molecule has 0 radical (unpaired) electrons. The molecule has 1 aromatic carbocycles. The van der Waals surface area contributed by atoms with Crippen LogP contribution in [0.3, 0.4) is 0 Å². The van der Waals surface area contributed by atoms with Crippen molar-refractivity contribution in [1.29, 1.82) is 0 Å². The fourth-order valence-electron chi connectivity index (χ4n) is 1.90. The van der Waals surface area contributed by atoms with Gasteiger partial charge in [-0.15, -0.1) is 5.11 Å². The topological polar surface area (TPSA) is 41.8 Å². The van der Waals surface area contributed by atoms with Crippen molar-refractivity contribution >= 4 is 57.9 Å². The van der Waals surface area contributed by atoms with Crippen LogP contribution in [0.5, 0.6) is 0 Å². The summed E-state index contributed by atoms with van der Waals surface area (Å²) in [6, 6.07) is 3.24. The van der Waals surface area contributed by atoms with Gasteiger partial charge in [-0.25, -0.2) is 0 Å². The maximum atomic E-state index is 12.0. The fourth-order valence-corrected chi connectivity index (χ4v) is 2.92. The van der Waals surface area contributed by atoms with Crippen molar-refractivity contribution in [3.05, 3.63) is 27.7 Å². The number of nitrogens with zero attached hydrogens (tertiary/aromatic N) is 2. The van der Waals surface area contributed by atoms with E-state index in [9.17, 15) is 4.79 Å². The Bertz CT molecular complexity index is 544. The SMILES string of the molecule is Cc1cc(Cl)cc(Cl)c1N=NC(Cl)(Cl)C(=O)C1CCC1. The maximum absolute atomic E-state index is 12.0. The van der Waals surface area contributed by atoms with Crippen LogP contribution >= 0.6 is 46.4 Å². The van der Waals surface area contributed by atoms with Gasteiger partial charge in [-0.1, -0.05) is 52.8 Å². The first kappa shape index (κ1) is 16.0. The third kappa shape index (κ3) is 3.45. The molecule has 0 spiro atoms. The first-order chi connectivity index (χ1) is 9.31. The lowest BCUT2D eigenvalue weighted by molar-refractivity contribution is -0.125. The van der Waals surface area contributed by atoms with Gasteiger partial charge in [0.2, 0.25) is 0 Å². The van der Waals surface area contributed by atoms with Crippen LogP contribution in [0.1, 0.15) is 24.8 Å². The van der Waals surface area contributed by atoms with E-state index in [1.807, 2.05) is 0 Å². The normalized spacial score (nSPS) is 16.4. The maximum Gasteiger partial charge on any atom is 0.286 e. The van der Waals surface area contributed by atoms with Crippen LogP contribution < -0.4 is 0 Å². The summed E-state index contributed by atoms with van der Waals surface area (Å²) < 4.78 is -1.86. The van der Waals surface area contributed by atoms with Gasteiger partial charge in [-0.2, -0.15) is 5.11 Å². The van der Waals surface area contributed by atoms with E-state index in [0.29, 0.717) is 15.7 Å². The van der Waals surface area contributed by atoms with E-state index < -0.39 is 4.46 Å². The summed E-state index contributed by atoms with van der Waals surface area (Å²) in [6.45, 7) is 1.78. The number of hydrogen-bond donors (Lipinski definition) is 0. The Morgan fingerprint density at radius 1 is 1.30 bits per heavy atom. The Hall–Kier alpha value is -0.350. The number of hydrogen-bond acceptors (Lipinski definition) is 3. The Morgan fingerprint density at radius 3 is 2.45 bits per heavy atom. The van der Waals surface area contributed by atoms with Gasteiger partial charge in [-0.05, 0) is 37.5 Å². The molecule has 0 saturated heterocycles. The van der Waals surface area contributed by atoms with Crippen molar-refractivity contribution in [2.45, 2.75) is 30.6 Å². The molecule has 1 aromatic rings. The van der Waals surface area contributed by atoms with Crippen LogP contribution in [0.25, 0.3) is 0 Å². The van der Waals surface area contributed by atoms with Gasteiger partial charge >= 0.3 is 0 Å². The Kier molecular flexibility index (Phi) is 4.96. The molecule has 0 unspecified atom stereocenters. The molecular formula is C13H12Cl4N2O. The fraction of sp³-hybridized carbons (Fsp3) is 0.462. The van der Waals surface area contributed by atoms with Gasteiger partial charge in [-0.3, -0.25) is 4.79 Å². The van der Waals surface area contributed by atoms with Crippen molar-refractivity contribution in [3.8, 4) is 0 Å². The lowest BCUT2D eigenvalue weighted by Crippen LogP contribution is -2.34. The number of rotatable bonds is 4. The van der Waals surface area contributed by atoms with Crippen molar-refractivity contribution < 1.29 is 4.79 Å². The standard InChI is InChI=1S/C13H12Cl4N2O/c1-7-5-9(14)6-10(15)11(7)18-19-13(16,17)12(20)8-3-2-4-8/h5-6,8H,2-4H2,1H3. The number of Topliss-reactive ketones (excluding diaryl/α,β-unsaturated/α-hetero) is 1. The summed E-state index contributed by atoms with van der Waals surface area (Å²) >= 11 is 23.8. The molecule has 0 amide bonds. The highest BCUT2D eigenvalue weighted by Crippen LogP contribution is 2.39. The molecule has 20 heavy (non-hydrogen) atoms. The Labute approximate surface area is 137 Å². The summed E-state index contributed by atoms with van der Waals surface area (Å²) in [4.78, 5) is 12.0. The van der Waals surface area contributed by atoms with E-state index in [1.165, 1.54) is 0 Å². The molecular weight excluding hydrogens is 342 g/mol. The Morgan fingerprint density at radius 2 is 1.95 bits per heavy atom. The molecule has 3 nitrogen and oxygen atoms in total. The number of halogens is 4. The lowest BCUT2D eigenvalue weighted by atomic mass is 9.82. The molecule has 0 N–H and O–H groups in total. The number of benzene rings is 1. The van der Waals surface area contributed by atoms with E-state index >= 15 is 0 Å². The highest BCUT2D eigenvalue weighted by atomic mass is 35.5. The summed E-state index contributed by atoms with van der Waals surface area (Å²) in [5.74, 6) is -0.427. The van der Waals surface area contributed by atoms with Crippen molar-refractivity contribution in [2.24, 2.45) is 16.1 Å². The van der Waals surface area contributed by atoms with E-state index in [-0.39, 0.29) is 11.7 Å². The van der Waals surface area contributed by atoms with E-state index in [2.05, 4.69) is 10.2 Å². The van der Waals surface area contributed by atoms with Crippen molar-refractivity contribution in [3.63, 3.8) is 0 Å². The quantitative estimate of drug-likeness (QED) is 0.378. The minimum atomic E-state index is -1.86. The van der Waals surface area contributed by atoms with Gasteiger partial charge in [0.25, 0.3) is 4.46 Å². The predicted octanol–water partition coefficient (Wildman–Crippen LogP) is 5.89. The monoisotopic (exact) mass is 352 g/mol. The summed E-state index contributed by atoms with van der Waals surface area (Å²) in [6.07, 6.45) is 2.62. The molecule has 108 valence electrons. The van der Waals surface area contributed by atoms with Gasteiger partial charge in [0.15, 0.2) is 5.78 Å². The number of azo groups is 1. The summed E-state index contributed by atoms with van der Waals surface area (Å²) in [7, 11) is 0. The Balaban J connectivity index is 2.22. The number of alkyl halides is 2. The highest BCUT2D eigenvalue weighted by molar-refractivity contribution is 6.58. The number of ketones is 1. The largest absolute Gasteiger partial charge is 0.294 e. The zero-order valence-electron chi connectivity index (χ0n) is 10.7. The van der Waals surface area contributed by atoms with Gasteiger partial charge in [0.1, 0.15) is 5.69 Å². The van der Waals surface area contributed by atoms with Crippen LogP contribution in [-0.4, -0.2) is 10.2 Å². The van der Waals surface area contributed by atoms with Crippen LogP contribution in [0, 0.1) is 12.8 Å². The van der Waals surface area contributed by atoms with Crippen molar-refractivity contribution in [1.82, 2.24) is 0 Å². The van der Waals surface area contributed by atoms with Crippen LogP contribution in [-0.2, 0) is 4.79 Å². The first-order valence-corrected chi connectivity index (χ1v) is 7.63. The third-order valence-corrected chi connectivity index (χ3v) is 4.30. The average molecular weight is 354 g/mol. The predicted molar refractivity (Wildman–Crippen MR) is 82.5 cm³/mol. The average Bonchev–Trinajstić information content (AvgIpc) is 2.24. The molecule has 0 atom stereocenters. The lowest BCUT2D eigenvalue weighted by Gasteiger charge is -2.27. The summed E-state index contributed by atoms with van der Waals surface area (Å²) in [5.41, 5.74) is 1.13. The molecule has 0 aromatic heterocycles. The van der Waals surface area contributed by atoms with E-state index in [1.54, 1.807) is 19.1 Å². The summed E-state index contributed by atoms with van der Waals surface area (Å²) in [5, 5.41) is 8.52. The highest BCUT2D eigenvalue weighted by Gasteiger charge is 2.41. The number of carbonyl (C=O) groups excluding carboxylic acids is 1. The van der Waals surface area contributed by atoms with Crippen LogP contribution in [0.4, 0.5) is 5.69 Å². The molecule has 1 saturated carbocycles. The third-order valence-electron chi connectivity index (χ3n) is 3.27. The molecule has 0 heterocycles. The smallest absolute Gasteiger partial charge is 0.286 e. The zero-order chi connectivity index (χ0) is 14.9. The second kappa shape index (κ2) is 6.18. The number of aryl methyl sites for hydroxylation is 1. The van der Waals surface area contributed by atoms with Crippen LogP contribution in [0.2, 0.25) is 10.0 Å². The first-order valence-electron chi connectivity index (χ1n) is 6.12. The molecule has 1 aliphatic carbocycles. The molecule has 7 heteroatoms. The molecule has 1 fully saturated rings. The number of carbonyl (C=O) groups is 1. The second-order valence-electron chi connectivity index (χ2n) is 4.79. The van der Waals surface area contributed by atoms with Gasteiger partial charge < -0.3 is 0 Å². The molecule has 1 aliphatic rings. The molecule has 2 rings (SSSR count). The van der Waals surface area contributed by atoms with Gasteiger partial charge in [0.05, 0.1) is 5.02 Å². The van der Waals surface area contributed by atoms with Crippen LogP contribution in [0.15, 0.2) is 22.4 Å².